The summed E-state index contributed by atoms with van der Waals surface area (Å²) in [6.45, 7) is 6.51. The van der Waals surface area contributed by atoms with Gasteiger partial charge in [-0.3, -0.25) is 14.8 Å². The first-order chi connectivity index (χ1) is 11.3. The van der Waals surface area contributed by atoms with E-state index in [1.807, 2.05) is 18.5 Å². The van der Waals surface area contributed by atoms with Crippen LogP contribution in [0.15, 0.2) is 41.1 Å². The molecular formula is C19H25N3O. The summed E-state index contributed by atoms with van der Waals surface area (Å²) in [7, 11) is 0. The first kappa shape index (κ1) is 14.9. The Morgan fingerprint density at radius 3 is 2.43 bits per heavy atom. The minimum Gasteiger partial charge on any atom is -0.465 e. The summed E-state index contributed by atoms with van der Waals surface area (Å²) >= 11 is 0. The fraction of sp³-hybridized carbons (Fsp3) is 0.526. The molecule has 122 valence electrons. The number of aromatic nitrogens is 1. The number of furan rings is 1. The molecule has 0 saturated carbocycles. The Kier molecular flexibility index (Phi) is 4.19. The maximum absolute atomic E-state index is 5.90. The average Bonchev–Trinajstić information content (AvgIpc) is 3.28. The zero-order chi connectivity index (χ0) is 15.6. The lowest BCUT2D eigenvalue weighted by Gasteiger charge is -2.25. The predicted molar refractivity (Wildman–Crippen MR) is 90.0 cm³/mol. The summed E-state index contributed by atoms with van der Waals surface area (Å²) in [6, 6.07) is 9.85. The van der Waals surface area contributed by atoms with Gasteiger partial charge in [0.2, 0.25) is 0 Å². The van der Waals surface area contributed by atoms with Gasteiger partial charge < -0.3 is 4.42 Å². The van der Waals surface area contributed by atoms with Crippen molar-refractivity contribution in [1.82, 2.24) is 14.8 Å². The summed E-state index contributed by atoms with van der Waals surface area (Å²) in [6.07, 6.45) is 7.36. The van der Waals surface area contributed by atoms with E-state index in [4.69, 9.17) is 4.42 Å². The van der Waals surface area contributed by atoms with Crippen molar-refractivity contribution < 1.29 is 4.42 Å². The molecule has 0 amide bonds. The number of aryl methyl sites for hydroxylation is 1. The predicted octanol–water partition coefficient (Wildman–Crippen LogP) is 3.09. The van der Waals surface area contributed by atoms with Crippen LogP contribution in [-0.4, -0.2) is 40.0 Å². The Hall–Kier alpha value is -1.65. The van der Waals surface area contributed by atoms with Gasteiger partial charge in [-0.25, -0.2) is 0 Å². The number of pyridine rings is 1. The van der Waals surface area contributed by atoms with Gasteiger partial charge in [-0.05, 0) is 36.6 Å². The van der Waals surface area contributed by atoms with E-state index in [0.717, 1.165) is 31.0 Å². The second kappa shape index (κ2) is 6.46. The molecule has 2 fully saturated rings. The summed E-state index contributed by atoms with van der Waals surface area (Å²) < 4.78 is 5.90. The Labute approximate surface area is 138 Å². The summed E-state index contributed by atoms with van der Waals surface area (Å²) in [5.74, 6) is 2.22. The van der Waals surface area contributed by atoms with Crippen molar-refractivity contribution in [2.24, 2.45) is 0 Å². The minimum atomic E-state index is 0.682. The monoisotopic (exact) mass is 311 g/mol. The smallest absolute Gasteiger partial charge is 0.118 e. The van der Waals surface area contributed by atoms with Gasteiger partial charge in [0.05, 0.1) is 6.54 Å². The number of hydrogen-bond acceptors (Lipinski definition) is 4. The molecule has 0 radical (unpaired) electrons. The van der Waals surface area contributed by atoms with Crippen LogP contribution < -0.4 is 0 Å². The summed E-state index contributed by atoms with van der Waals surface area (Å²) in [5, 5.41) is 0. The summed E-state index contributed by atoms with van der Waals surface area (Å²) in [5.41, 5.74) is 1.32. The molecule has 0 unspecified atom stereocenters. The molecule has 4 rings (SSSR count). The zero-order valence-electron chi connectivity index (χ0n) is 13.8. The van der Waals surface area contributed by atoms with Crippen LogP contribution in [0.25, 0.3) is 0 Å². The van der Waals surface area contributed by atoms with Crippen LogP contribution in [0.3, 0.4) is 0 Å². The number of rotatable bonds is 5. The zero-order valence-corrected chi connectivity index (χ0v) is 13.8. The SMILES string of the molecule is CCc1ccc(CN2CC[C@@H]3[C@@H]2CCN3Cc2cccnc2)o1. The molecule has 2 aromatic heterocycles. The number of hydrogen-bond donors (Lipinski definition) is 0. The highest BCUT2D eigenvalue weighted by atomic mass is 16.3. The van der Waals surface area contributed by atoms with Gasteiger partial charge in [-0.15, -0.1) is 0 Å². The minimum absolute atomic E-state index is 0.682. The van der Waals surface area contributed by atoms with Gasteiger partial charge in [-0.1, -0.05) is 13.0 Å². The second-order valence-corrected chi connectivity index (χ2v) is 6.74. The fourth-order valence-electron chi connectivity index (χ4n) is 4.18. The van der Waals surface area contributed by atoms with Crippen LogP contribution in [0.4, 0.5) is 0 Å². The molecule has 0 aromatic carbocycles. The topological polar surface area (TPSA) is 32.5 Å². The van der Waals surface area contributed by atoms with Crippen molar-refractivity contribution in [3.05, 3.63) is 53.7 Å². The van der Waals surface area contributed by atoms with Crippen molar-refractivity contribution in [2.75, 3.05) is 13.1 Å². The Bertz CT molecular complexity index is 639. The average molecular weight is 311 g/mol. The molecule has 4 nitrogen and oxygen atoms in total. The quantitative estimate of drug-likeness (QED) is 0.849. The van der Waals surface area contributed by atoms with Crippen LogP contribution >= 0.6 is 0 Å². The molecule has 4 heteroatoms. The highest BCUT2D eigenvalue weighted by molar-refractivity contribution is 5.12. The Morgan fingerprint density at radius 1 is 1.04 bits per heavy atom. The maximum atomic E-state index is 5.90. The number of fused-ring (bicyclic) bond motifs is 1. The van der Waals surface area contributed by atoms with E-state index in [9.17, 15) is 0 Å². The molecule has 4 heterocycles. The molecule has 0 aliphatic carbocycles. The van der Waals surface area contributed by atoms with E-state index in [-0.39, 0.29) is 0 Å². The molecule has 2 saturated heterocycles. The summed E-state index contributed by atoms with van der Waals surface area (Å²) in [4.78, 5) is 9.50. The van der Waals surface area contributed by atoms with Gasteiger partial charge in [0.25, 0.3) is 0 Å². The van der Waals surface area contributed by atoms with Gasteiger partial charge in [0.1, 0.15) is 11.5 Å². The van der Waals surface area contributed by atoms with Crippen LogP contribution in [0.2, 0.25) is 0 Å². The molecule has 2 aromatic rings. The highest BCUT2D eigenvalue weighted by Crippen LogP contribution is 2.33. The number of likely N-dealkylation sites (tertiary alicyclic amines) is 2. The normalized spacial score (nSPS) is 25.1. The van der Waals surface area contributed by atoms with E-state index in [1.54, 1.807) is 0 Å². The first-order valence-electron chi connectivity index (χ1n) is 8.78. The van der Waals surface area contributed by atoms with Crippen LogP contribution in [0.5, 0.6) is 0 Å². The molecule has 2 aliphatic heterocycles. The van der Waals surface area contributed by atoms with Crippen molar-refractivity contribution in [3.8, 4) is 0 Å². The van der Waals surface area contributed by atoms with Crippen molar-refractivity contribution in [2.45, 2.75) is 51.4 Å². The lowest BCUT2D eigenvalue weighted by molar-refractivity contribution is 0.202. The van der Waals surface area contributed by atoms with E-state index in [2.05, 4.69) is 39.9 Å². The third kappa shape index (κ3) is 3.06. The van der Waals surface area contributed by atoms with Crippen molar-refractivity contribution >= 4 is 0 Å². The van der Waals surface area contributed by atoms with Crippen molar-refractivity contribution in [1.29, 1.82) is 0 Å². The van der Waals surface area contributed by atoms with E-state index >= 15 is 0 Å². The van der Waals surface area contributed by atoms with Crippen molar-refractivity contribution in [3.63, 3.8) is 0 Å². The molecule has 0 bridgehead atoms. The molecular weight excluding hydrogens is 286 g/mol. The van der Waals surface area contributed by atoms with Gasteiger partial charge in [0.15, 0.2) is 0 Å². The third-order valence-electron chi connectivity index (χ3n) is 5.34. The molecule has 2 atom stereocenters. The molecule has 2 aliphatic rings. The second-order valence-electron chi connectivity index (χ2n) is 6.74. The Balaban J connectivity index is 1.39. The van der Waals surface area contributed by atoms with Crippen LogP contribution in [0, 0.1) is 0 Å². The number of nitrogens with zero attached hydrogens (tertiary/aromatic N) is 3. The maximum Gasteiger partial charge on any atom is 0.118 e. The lowest BCUT2D eigenvalue weighted by Crippen LogP contribution is -2.35. The van der Waals surface area contributed by atoms with E-state index < -0.39 is 0 Å². The fourth-order valence-corrected chi connectivity index (χ4v) is 4.18. The standard InChI is InChI=1S/C19H25N3O/c1-2-16-5-6-17(23-16)14-22-11-8-18-19(22)7-10-21(18)13-15-4-3-9-20-12-15/h3-6,9,12,18-19H,2,7-8,10-11,13-14H2,1H3/t18-,19+/m1/s1. The highest BCUT2D eigenvalue weighted by Gasteiger charge is 2.42. The lowest BCUT2D eigenvalue weighted by atomic mass is 10.1. The van der Waals surface area contributed by atoms with E-state index in [0.29, 0.717) is 12.1 Å². The van der Waals surface area contributed by atoms with Gasteiger partial charge >= 0.3 is 0 Å². The molecule has 0 N–H and O–H groups in total. The molecule has 23 heavy (non-hydrogen) atoms. The molecule has 0 spiro atoms. The van der Waals surface area contributed by atoms with Gasteiger partial charge in [-0.2, -0.15) is 0 Å². The Morgan fingerprint density at radius 2 is 1.78 bits per heavy atom. The third-order valence-corrected chi connectivity index (χ3v) is 5.34. The van der Waals surface area contributed by atoms with E-state index in [1.165, 1.54) is 31.5 Å². The van der Waals surface area contributed by atoms with Gasteiger partial charge in [0, 0.05) is 50.5 Å². The largest absolute Gasteiger partial charge is 0.465 e. The first-order valence-corrected chi connectivity index (χ1v) is 8.78. The van der Waals surface area contributed by atoms with Crippen LogP contribution in [0.1, 0.15) is 36.8 Å². The van der Waals surface area contributed by atoms with Crippen LogP contribution in [-0.2, 0) is 19.5 Å².